The highest BCUT2D eigenvalue weighted by molar-refractivity contribution is 7.89. The van der Waals surface area contributed by atoms with E-state index >= 15 is 0 Å². The molecule has 0 unspecified atom stereocenters. The van der Waals surface area contributed by atoms with E-state index in [1.54, 1.807) is 17.7 Å². The van der Waals surface area contributed by atoms with E-state index in [1.165, 1.54) is 42.1 Å². The van der Waals surface area contributed by atoms with Crippen molar-refractivity contribution < 1.29 is 30.8 Å². The summed E-state index contributed by atoms with van der Waals surface area (Å²) in [5.41, 5.74) is 6.45. The molecule has 3 N–H and O–H groups in total. The Labute approximate surface area is 214 Å². The van der Waals surface area contributed by atoms with E-state index in [0.717, 1.165) is 6.20 Å². The molecular weight excluding hydrogens is 528 g/mol. The minimum absolute atomic E-state index is 0.0403. The van der Waals surface area contributed by atoms with Gasteiger partial charge in [-0.05, 0) is 55.7 Å². The third-order valence-corrected chi connectivity index (χ3v) is 7.60. The predicted octanol–water partition coefficient (Wildman–Crippen LogP) is 3.82. The largest absolute Gasteiger partial charge is 0.404 e. The number of hydrogen-bond acceptors (Lipinski definition) is 6. The van der Waals surface area contributed by atoms with Crippen molar-refractivity contribution >= 4 is 26.8 Å². The Balaban J connectivity index is 2.00. The van der Waals surface area contributed by atoms with Crippen molar-refractivity contribution in [3.05, 3.63) is 65.4 Å². The Bertz CT molecular complexity index is 1650. The number of carbonyl (C=O) groups is 1. The molecule has 14 heteroatoms. The summed E-state index contributed by atoms with van der Waals surface area (Å²) in [6.07, 6.45) is -0.667. The summed E-state index contributed by atoms with van der Waals surface area (Å²) < 4.78 is 82.1. The van der Waals surface area contributed by atoms with Crippen LogP contribution < -0.4 is 10.5 Å². The number of primary amides is 1. The summed E-state index contributed by atoms with van der Waals surface area (Å²) in [4.78, 5) is 24.8. The Morgan fingerprint density at radius 2 is 1.82 bits per heavy atom. The molecule has 4 rings (SSSR count). The molecule has 0 bridgehead atoms. The number of nitrogens with zero attached hydrogens (tertiary/aromatic N) is 4. The fraction of sp³-hybridized carbons (Fsp3) is 0.250. The highest BCUT2D eigenvalue weighted by Crippen LogP contribution is 2.37. The van der Waals surface area contributed by atoms with Crippen LogP contribution >= 0.6 is 0 Å². The molecule has 1 atom stereocenters. The fourth-order valence-corrected chi connectivity index (χ4v) is 5.45. The van der Waals surface area contributed by atoms with Gasteiger partial charge >= 0.3 is 6.18 Å². The number of aromatic nitrogens is 4. The van der Waals surface area contributed by atoms with E-state index in [9.17, 15) is 30.8 Å². The summed E-state index contributed by atoms with van der Waals surface area (Å²) in [6, 6.07) is 3.21. The topological polar surface area (TPSA) is 133 Å². The van der Waals surface area contributed by atoms with Crippen LogP contribution in [-0.2, 0) is 16.4 Å². The molecule has 1 amide bonds. The van der Waals surface area contributed by atoms with Gasteiger partial charge in [0.25, 0.3) is 5.91 Å². The van der Waals surface area contributed by atoms with E-state index in [-0.39, 0.29) is 33.8 Å². The maximum atomic E-state index is 14.8. The van der Waals surface area contributed by atoms with E-state index in [4.69, 9.17) is 5.73 Å². The van der Waals surface area contributed by atoms with Gasteiger partial charge in [-0.2, -0.15) is 17.9 Å². The van der Waals surface area contributed by atoms with Gasteiger partial charge in [-0.1, -0.05) is 6.92 Å². The zero-order valence-corrected chi connectivity index (χ0v) is 21.2. The number of carbonyl (C=O) groups excluding carboxylic acids is 1. The molecule has 200 valence electrons. The number of benzene rings is 1. The number of aryl methyl sites for hydroxylation is 2. The minimum atomic E-state index is -4.80. The number of amides is 1. The number of rotatable bonds is 7. The molecule has 3 aromatic heterocycles. The quantitative estimate of drug-likeness (QED) is 0.336. The van der Waals surface area contributed by atoms with Gasteiger partial charge in [0.1, 0.15) is 16.8 Å². The number of alkyl halides is 3. The fourth-order valence-electron chi connectivity index (χ4n) is 4.04. The van der Waals surface area contributed by atoms with E-state index in [1.807, 2.05) is 0 Å². The van der Waals surface area contributed by atoms with Crippen LogP contribution in [0.4, 0.5) is 17.6 Å². The van der Waals surface area contributed by atoms with Crippen molar-refractivity contribution in [2.24, 2.45) is 5.73 Å². The number of halogens is 4. The molecule has 1 aromatic carbocycles. The molecule has 0 aliphatic heterocycles. The van der Waals surface area contributed by atoms with Crippen molar-refractivity contribution in [2.75, 3.05) is 0 Å². The van der Waals surface area contributed by atoms with Crippen molar-refractivity contribution in [1.29, 1.82) is 0 Å². The lowest BCUT2D eigenvalue weighted by atomic mass is 10.0. The second-order valence-electron chi connectivity index (χ2n) is 8.51. The van der Waals surface area contributed by atoms with Crippen molar-refractivity contribution in [1.82, 2.24) is 24.2 Å². The maximum absolute atomic E-state index is 14.8. The van der Waals surface area contributed by atoms with E-state index < -0.39 is 38.9 Å². The monoisotopic (exact) mass is 550 g/mol. The van der Waals surface area contributed by atoms with Crippen molar-refractivity contribution in [2.45, 2.75) is 44.3 Å². The highest BCUT2D eigenvalue weighted by atomic mass is 32.2. The van der Waals surface area contributed by atoms with Crippen molar-refractivity contribution in [3.8, 4) is 17.3 Å². The normalized spacial score (nSPS) is 13.1. The van der Waals surface area contributed by atoms with Gasteiger partial charge in [0.05, 0.1) is 22.5 Å². The Morgan fingerprint density at radius 3 is 2.37 bits per heavy atom. The molecule has 3 heterocycles. The van der Waals surface area contributed by atoms with Crippen LogP contribution in [0.15, 0.2) is 47.8 Å². The smallest absolute Gasteiger partial charge is 0.366 e. The molecule has 0 radical (unpaired) electrons. The molecule has 0 saturated heterocycles. The summed E-state index contributed by atoms with van der Waals surface area (Å²) >= 11 is 0. The standard InChI is InChI=1S/C24H22F4N6O3S/c1-4-14-9-18-15(10-16(14)25)20(22(29)35)21(34(18)23-30-6-5-7-31-23)17-8-12(2)19(11-32-17)38(36,37)33-13(3)24(26,27)28/h5-11,13,33H,4H2,1-3H3,(H2,29,35)/t13-/m0/s1. The molecule has 0 spiro atoms. The van der Waals surface area contributed by atoms with Crippen LogP contribution in [0, 0.1) is 12.7 Å². The Kier molecular flexibility index (Phi) is 6.97. The van der Waals surface area contributed by atoms with Gasteiger partial charge in [0.2, 0.25) is 16.0 Å². The average Bonchev–Trinajstić information content (AvgIpc) is 3.17. The second kappa shape index (κ2) is 9.76. The van der Waals surface area contributed by atoms with Crippen LogP contribution in [0.5, 0.6) is 0 Å². The van der Waals surface area contributed by atoms with Crippen LogP contribution in [0.25, 0.3) is 28.2 Å². The Morgan fingerprint density at radius 1 is 1.16 bits per heavy atom. The van der Waals surface area contributed by atoms with Crippen LogP contribution in [-0.4, -0.2) is 46.1 Å². The highest BCUT2D eigenvalue weighted by Gasteiger charge is 2.39. The summed E-state index contributed by atoms with van der Waals surface area (Å²) in [5, 5.41) is 0.159. The summed E-state index contributed by atoms with van der Waals surface area (Å²) in [5.74, 6) is -1.37. The Hall–Kier alpha value is -3.91. The third kappa shape index (κ3) is 4.84. The van der Waals surface area contributed by atoms with Crippen LogP contribution in [0.1, 0.15) is 35.3 Å². The first-order valence-corrected chi connectivity index (χ1v) is 12.7. The first kappa shape index (κ1) is 27.1. The van der Waals surface area contributed by atoms with Gasteiger partial charge in [-0.3, -0.25) is 14.3 Å². The van der Waals surface area contributed by atoms with Crippen LogP contribution in [0.3, 0.4) is 0 Å². The van der Waals surface area contributed by atoms with Gasteiger partial charge in [0.15, 0.2) is 0 Å². The lowest BCUT2D eigenvalue weighted by Gasteiger charge is -2.18. The second-order valence-corrected chi connectivity index (χ2v) is 10.2. The maximum Gasteiger partial charge on any atom is 0.404 e. The molecule has 0 fully saturated rings. The van der Waals surface area contributed by atoms with Gasteiger partial charge in [0, 0.05) is 24.0 Å². The zero-order valence-electron chi connectivity index (χ0n) is 20.3. The molecule has 4 aromatic rings. The first-order chi connectivity index (χ1) is 17.8. The number of pyridine rings is 1. The van der Waals surface area contributed by atoms with E-state index in [2.05, 4.69) is 15.0 Å². The van der Waals surface area contributed by atoms with Gasteiger partial charge < -0.3 is 5.73 Å². The van der Waals surface area contributed by atoms with Gasteiger partial charge in [-0.15, -0.1) is 0 Å². The number of hydrogen-bond donors (Lipinski definition) is 2. The molecule has 0 aliphatic rings. The van der Waals surface area contributed by atoms with E-state index in [0.29, 0.717) is 24.4 Å². The average molecular weight is 551 g/mol. The number of fused-ring (bicyclic) bond motifs is 1. The third-order valence-electron chi connectivity index (χ3n) is 5.93. The zero-order chi connectivity index (χ0) is 28.0. The predicted molar refractivity (Wildman–Crippen MR) is 131 cm³/mol. The minimum Gasteiger partial charge on any atom is -0.366 e. The lowest BCUT2D eigenvalue weighted by molar-refractivity contribution is -0.147. The molecule has 0 aliphatic carbocycles. The first-order valence-electron chi connectivity index (χ1n) is 11.3. The number of nitrogens with one attached hydrogen (secondary N) is 1. The molecular formula is C24H22F4N6O3S. The summed E-state index contributed by atoms with van der Waals surface area (Å²) in [7, 11) is -4.61. The number of nitrogens with two attached hydrogens (primary N) is 1. The molecule has 38 heavy (non-hydrogen) atoms. The number of sulfonamides is 1. The SMILES string of the molecule is CCc1cc2c(cc1F)c(C(N)=O)c(-c1cc(C)c(S(=O)(=O)N[C@@H](C)C(F)(F)F)cn1)n2-c1ncccn1. The summed E-state index contributed by atoms with van der Waals surface area (Å²) in [6.45, 7) is 3.79. The van der Waals surface area contributed by atoms with Gasteiger partial charge in [-0.25, -0.2) is 22.8 Å². The molecule has 0 saturated carbocycles. The van der Waals surface area contributed by atoms with Crippen LogP contribution in [0.2, 0.25) is 0 Å². The molecule has 9 nitrogen and oxygen atoms in total. The lowest BCUT2D eigenvalue weighted by Crippen LogP contribution is -2.43. The van der Waals surface area contributed by atoms with Crippen molar-refractivity contribution in [3.63, 3.8) is 0 Å².